The third-order valence-electron chi connectivity index (χ3n) is 2.47. The molecule has 2 aromatic rings. The normalized spacial score (nSPS) is 9.47. The molecule has 0 bridgehead atoms. The zero-order valence-electron chi connectivity index (χ0n) is 9.61. The van der Waals surface area contributed by atoms with Crippen LogP contribution in [0.4, 0.5) is 11.4 Å². The van der Waals surface area contributed by atoms with Crippen molar-refractivity contribution in [3.05, 3.63) is 57.6 Å². The number of hydrogen-bond acceptors (Lipinski definition) is 3. The highest BCUT2D eigenvalue weighted by Crippen LogP contribution is 2.28. The van der Waals surface area contributed by atoms with Crippen molar-refractivity contribution < 1.29 is 0 Å². The summed E-state index contributed by atoms with van der Waals surface area (Å²) in [6, 6.07) is 14.0. The summed E-state index contributed by atoms with van der Waals surface area (Å²) in [6.45, 7) is 0. The molecule has 0 saturated carbocycles. The van der Waals surface area contributed by atoms with E-state index in [0.717, 1.165) is 5.69 Å². The lowest BCUT2D eigenvalue weighted by Crippen LogP contribution is -1.92. The van der Waals surface area contributed by atoms with Crippen molar-refractivity contribution in [1.29, 1.82) is 10.5 Å². The molecule has 3 nitrogen and oxygen atoms in total. The fourth-order valence-electron chi connectivity index (χ4n) is 1.53. The second-order valence-corrected chi connectivity index (χ2v) is 4.55. The van der Waals surface area contributed by atoms with E-state index in [1.165, 1.54) is 0 Å². The van der Waals surface area contributed by atoms with Gasteiger partial charge in [-0.15, -0.1) is 0 Å². The summed E-state index contributed by atoms with van der Waals surface area (Å²) < 4.78 is 0. The van der Waals surface area contributed by atoms with Gasteiger partial charge in [-0.1, -0.05) is 23.2 Å². The van der Waals surface area contributed by atoms with Crippen molar-refractivity contribution >= 4 is 34.6 Å². The van der Waals surface area contributed by atoms with Crippen molar-refractivity contribution in [3.63, 3.8) is 0 Å². The Balaban J connectivity index is 2.30. The quantitative estimate of drug-likeness (QED) is 0.886. The van der Waals surface area contributed by atoms with Crippen LogP contribution < -0.4 is 5.32 Å². The van der Waals surface area contributed by atoms with Crippen LogP contribution in [-0.2, 0) is 0 Å². The number of halogens is 2. The summed E-state index contributed by atoms with van der Waals surface area (Å²) >= 11 is 12.0. The standard InChI is InChI=1S/C14H7Cl2N3/c15-12-6-11(3-2-10(12)8-18)19-14-4-1-9(7-17)5-13(14)16/h1-6,19H. The molecule has 0 aromatic heterocycles. The minimum absolute atomic E-state index is 0.372. The van der Waals surface area contributed by atoms with Crippen LogP contribution in [0.3, 0.4) is 0 Å². The molecule has 0 unspecified atom stereocenters. The number of nitriles is 2. The number of anilines is 2. The molecule has 5 heteroatoms. The van der Waals surface area contributed by atoms with Gasteiger partial charge in [0.15, 0.2) is 0 Å². The average Bonchev–Trinajstić information content (AvgIpc) is 2.41. The number of nitrogens with zero attached hydrogens (tertiary/aromatic N) is 2. The van der Waals surface area contributed by atoms with Crippen LogP contribution >= 0.6 is 23.2 Å². The molecule has 0 aliphatic carbocycles. The van der Waals surface area contributed by atoms with Crippen molar-refractivity contribution in [3.8, 4) is 12.1 Å². The molecular formula is C14H7Cl2N3. The lowest BCUT2D eigenvalue weighted by Gasteiger charge is -2.09. The van der Waals surface area contributed by atoms with E-state index in [9.17, 15) is 0 Å². The van der Waals surface area contributed by atoms with Gasteiger partial charge in [0.05, 0.1) is 32.9 Å². The molecule has 2 aromatic carbocycles. The summed E-state index contributed by atoms with van der Waals surface area (Å²) in [4.78, 5) is 0. The Hall–Kier alpha value is -2.20. The number of nitrogens with one attached hydrogen (secondary N) is 1. The highest BCUT2D eigenvalue weighted by atomic mass is 35.5. The van der Waals surface area contributed by atoms with Crippen LogP contribution in [0.5, 0.6) is 0 Å². The maximum atomic E-state index is 8.79. The Bertz CT molecular complexity index is 712. The van der Waals surface area contributed by atoms with Gasteiger partial charge in [0.25, 0.3) is 0 Å². The fourth-order valence-corrected chi connectivity index (χ4v) is 1.98. The number of hydrogen-bond donors (Lipinski definition) is 1. The highest BCUT2D eigenvalue weighted by Gasteiger charge is 2.05. The summed E-state index contributed by atoms with van der Waals surface area (Å²) in [5, 5.41) is 21.5. The predicted octanol–water partition coefficient (Wildman–Crippen LogP) is 4.48. The van der Waals surface area contributed by atoms with Gasteiger partial charge in [-0.2, -0.15) is 10.5 Å². The Morgan fingerprint density at radius 3 is 2.26 bits per heavy atom. The molecular weight excluding hydrogens is 281 g/mol. The molecule has 19 heavy (non-hydrogen) atoms. The van der Waals surface area contributed by atoms with Crippen LogP contribution in [-0.4, -0.2) is 0 Å². The third-order valence-corrected chi connectivity index (χ3v) is 3.09. The minimum atomic E-state index is 0.372. The van der Waals surface area contributed by atoms with E-state index in [2.05, 4.69) is 5.32 Å². The van der Waals surface area contributed by atoms with Crippen molar-refractivity contribution in [2.45, 2.75) is 0 Å². The van der Waals surface area contributed by atoms with Gasteiger partial charge < -0.3 is 5.32 Å². The van der Waals surface area contributed by atoms with E-state index in [0.29, 0.717) is 26.9 Å². The van der Waals surface area contributed by atoms with Crippen molar-refractivity contribution in [1.82, 2.24) is 0 Å². The first-order chi connectivity index (χ1) is 9.13. The largest absolute Gasteiger partial charge is 0.354 e. The predicted molar refractivity (Wildman–Crippen MR) is 75.6 cm³/mol. The van der Waals surface area contributed by atoms with Crippen LogP contribution in [0.25, 0.3) is 0 Å². The van der Waals surface area contributed by atoms with E-state index < -0.39 is 0 Å². The van der Waals surface area contributed by atoms with Gasteiger partial charge >= 0.3 is 0 Å². The molecule has 92 valence electrons. The molecule has 0 heterocycles. The van der Waals surface area contributed by atoms with Crippen molar-refractivity contribution in [2.24, 2.45) is 0 Å². The smallest absolute Gasteiger partial charge is 0.101 e. The van der Waals surface area contributed by atoms with E-state index in [4.69, 9.17) is 33.7 Å². The van der Waals surface area contributed by atoms with Gasteiger partial charge in [0.1, 0.15) is 6.07 Å². The average molecular weight is 288 g/mol. The van der Waals surface area contributed by atoms with Gasteiger partial charge in [0.2, 0.25) is 0 Å². The summed E-state index contributed by atoms with van der Waals surface area (Å²) in [5.74, 6) is 0. The molecule has 0 spiro atoms. The maximum Gasteiger partial charge on any atom is 0.101 e. The zero-order valence-corrected chi connectivity index (χ0v) is 11.1. The second kappa shape index (κ2) is 5.63. The summed E-state index contributed by atoms with van der Waals surface area (Å²) in [6.07, 6.45) is 0. The highest BCUT2D eigenvalue weighted by molar-refractivity contribution is 6.33. The number of rotatable bonds is 2. The van der Waals surface area contributed by atoms with Gasteiger partial charge in [-0.3, -0.25) is 0 Å². The molecule has 0 radical (unpaired) electrons. The molecule has 0 atom stereocenters. The second-order valence-electron chi connectivity index (χ2n) is 3.74. The summed E-state index contributed by atoms with van der Waals surface area (Å²) in [5.41, 5.74) is 2.30. The lowest BCUT2D eigenvalue weighted by atomic mass is 10.2. The SMILES string of the molecule is N#Cc1ccc(Nc2ccc(C#N)c(Cl)c2)c(Cl)c1. The monoisotopic (exact) mass is 287 g/mol. The van der Waals surface area contributed by atoms with Crippen LogP contribution in [0.1, 0.15) is 11.1 Å². The molecule has 0 aliphatic heterocycles. The van der Waals surface area contributed by atoms with Crippen LogP contribution in [0.2, 0.25) is 10.0 Å². The van der Waals surface area contributed by atoms with Gasteiger partial charge in [-0.25, -0.2) is 0 Å². The Labute approximate surface area is 120 Å². The third kappa shape index (κ3) is 2.98. The molecule has 2 rings (SSSR count). The molecule has 0 fully saturated rings. The maximum absolute atomic E-state index is 8.79. The molecule has 0 saturated heterocycles. The molecule has 0 aliphatic rings. The lowest BCUT2D eigenvalue weighted by molar-refractivity contribution is 1.46. The van der Waals surface area contributed by atoms with E-state index in [-0.39, 0.29) is 0 Å². The Morgan fingerprint density at radius 1 is 0.895 bits per heavy atom. The first kappa shape index (κ1) is 13.2. The molecule has 1 N–H and O–H groups in total. The first-order valence-corrected chi connectivity index (χ1v) is 6.06. The topological polar surface area (TPSA) is 59.6 Å². The summed E-state index contributed by atoms with van der Waals surface area (Å²) in [7, 11) is 0. The number of benzene rings is 2. The Morgan fingerprint density at radius 2 is 1.68 bits per heavy atom. The minimum Gasteiger partial charge on any atom is -0.354 e. The van der Waals surface area contributed by atoms with E-state index in [1.807, 2.05) is 12.1 Å². The first-order valence-electron chi connectivity index (χ1n) is 5.30. The van der Waals surface area contributed by atoms with E-state index >= 15 is 0 Å². The van der Waals surface area contributed by atoms with E-state index in [1.54, 1.807) is 36.4 Å². The van der Waals surface area contributed by atoms with Gasteiger partial charge in [0, 0.05) is 5.69 Å². The van der Waals surface area contributed by atoms with Gasteiger partial charge in [-0.05, 0) is 36.4 Å². The zero-order chi connectivity index (χ0) is 13.8. The van der Waals surface area contributed by atoms with Crippen LogP contribution in [0.15, 0.2) is 36.4 Å². The van der Waals surface area contributed by atoms with Crippen molar-refractivity contribution in [2.75, 3.05) is 5.32 Å². The fraction of sp³-hybridized carbons (Fsp3) is 0. The molecule has 0 amide bonds. The Kier molecular flexibility index (Phi) is 3.92. The van der Waals surface area contributed by atoms with Crippen LogP contribution in [0, 0.1) is 22.7 Å².